The van der Waals surface area contributed by atoms with E-state index in [0.29, 0.717) is 36.2 Å². The first-order valence-corrected chi connectivity index (χ1v) is 12.6. The van der Waals surface area contributed by atoms with E-state index >= 15 is 0 Å². The van der Waals surface area contributed by atoms with Crippen LogP contribution in [0.3, 0.4) is 0 Å². The van der Waals surface area contributed by atoms with Crippen molar-refractivity contribution in [3.63, 3.8) is 0 Å². The van der Waals surface area contributed by atoms with Crippen molar-refractivity contribution in [2.45, 2.75) is 18.7 Å². The Morgan fingerprint density at radius 1 is 1.00 bits per heavy atom. The third kappa shape index (κ3) is 5.04. The summed E-state index contributed by atoms with van der Waals surface area (Å²) >= 11 is 1.33. The zero-order chi connectivity index (χ0) is 22.7. The van der Waals surface area contributed by atoms with Crippen LogP contribution in [-0.2, 0) is 14.8 Å². The van der Waals surface area contributed by atoms with Gasteiger partial charge in [-0.05, 0) is 31.5 Å². The van der Waals surface area contributed by atoms with Crippen LogP contribution in [0.4, 0.5) is 5.13 Å². The highest BCUT2D eigenvalue weighted by molar-refractivity contribution is 7.89. The maximum absolute atomic E-state index is 12.8. The number of nitrogens with one attached hydrogen (secondary N) is 1. The van der Waals surface area contributed by atoms with Crippen LogP contribution < -0.4 is 5.32 Å². The third-order valence-corrected chi connectivity index (χ3v) is 8.19. The first-order chi connectivity index (χ1) is 15.3. The molecule has 32 heavy (non-hydrogen) atoms. The molecule has 0 bridgehead atoms. The van der Waals surface area contributed by atoms with Gasteiger partial charge in [-0.2, -0.15) is 4.31 Å². The molecule has 4 rings (SSSR count). The summed E-state index contributed by atoms with van der Waals surface area (Å²) in [7, 11) is -3.52. The smallest absolute Gasteiger partial charge is 0.243 e. The fraction of sp³-hybridized carbons (Fsp3) is 0.318. The van der Waals surface area contributed by atoms with Crippen LogP contribution in [0, 0.1) is 13.8 Å². The molecule has 0 radical (unpaired) electrons. The number of amides is 1. The van der Waals surface area contributed by atoms with Crippen LogP contribution >= 0.6 is 11.3 Å². The van der Waals surface area contributed by atoms with Gasteiger partial charge >= 0.3 is 0 Å². The molecule has 1 N–H and O–H groups in total. The molecule has 2 aromatic carbocycles. The first-order valence-electron chi connectivity index (χ1n) is 10.3. The van der Waals surface area contributed by atoms with Gasteiger partial charge in [-0.15, -0.1) is 10.2 Å². The normalized spacial score (nSPS) is 15.6. The van der Waals surface area contributed by atoms with E-state index in [4.69, 9.17) is 0 Å². The SMILES string of the molecule is Cc1ccc(S(=O)(=O)N2CCN(CC(=O)Nc3nnc(-c4ccccc4C)s3)CC2)cc1. The summed E-state index contributed by atoms with van der Waals surface area (Å²) in [6.07, 6.45) is 0. The van der Waals surface area contributed by atoms with E-state index < -0.39 is 10.0 Å². The molecule has 0 atom stereocenters. The highest BCUT2D eigenvalue weighted by Gasteiger charge is 2.29. The molecule has 2 heterocycles. The Hall–Kier alpha value is -2.66. The largest absolute Gasteiger partial charge is 0.299 e. The number of piperazine rings is 1. The molecule has 168 valence electrons. The van der Waals surface area contributed by atoms with E-state index in [-0.39, 0.29) is 12.5 Å². The second-order valence-electron chi connectivity index (χ2n) is 7.77. The molecule has 1 fully saturated rings. The predicted octanol–water partition coefficient (Wildman–Crippen LogP) is 2.77. The predicted molar refractivity (Wildman–Crippen MR) is 125 cm³/mol. The van der Waals surface area contributed by atoms with Crippen molar-refractivity contribution in [2.75, 3.05) is 38.0 Å². The Balaban J connectivity index is 1.30. The molecule has 0 spiro atoms. The monoisotopic (exact) mass is 471 g/mol. The number of carbonyl (C=O) groups is 1. The molecule has 1 amide bonds. The molecule has 1 aromatic heterocycles. The lowest BCUT2D eigenvalue weighted by molar-refractivity contribution is -0.117. The van der Waals surface area contributed by atoms with E-state index in [9.17, 15) is 13.2 Å². The fourth-order valence-corrected chi connectivity index (χ4v) is 5.82. The van der Waals surface area contributed by atoms with Crippen LogP contribution in [0.15, 0.2) is 53.4 Å². The molecule has 1 aliphatic heterocycles. The molecule has 8 nitrogen and oxygen atoms in total. The van der Waals surface area contributed by atoms with Gasteiger partial charge in [0, 0.05) is 31.7 Å². The van der Waals surface area contributed by atoms with Crippen molar-refractivity contribution in [3.05, 3.63) is 59.7 Å². The van der Waals surface area contributed by atoms with Crippen LogP contribution in [0.25, 0.3) is 10.6 Å². The lowest BCUT2D eigenvalue weighted by Gasteiger charge is -2.33. The number of hydrogen-bond acceptors (Lipinski definition) is 7. The van der Waals surface area contributed by atoms with E-state index in [2.05, 4.69) is 15.5 Å². The maximum atomic E-state index is 12.8. The van der Waals surface area contributed by atoms with Crippen molar-refractivity contribution in [1.29, 1.82) is 0 Å². The van der Waals surface area contributed by atoms with Gasteiger partial charge in [0.2, 0.25) is 21.1 Å². The minimum Gasteiger partial charge on any atom is -0.299 e. The van der Waals surface area contributed by atoms with E-state index in [0.717, 1.165) is 21.7 Å². The van der Waals surface area contributed by atoms with Crippen molar-refractivity contribution < 1.29 is 13.2 Å². The lowest BCUT2D eigenvalue weighted by Crippen LogP contribution is -2.50. The maximum Gasteiger partial charge on any atom is 0.243 e. The van der Waals surface area contributed by atoms with Crippen molar-refractivity contribution in [1.82, 2.24) is 19.4 Å². The van der Waals surface area contributed by atoms with Crippen LogP contribution in [0.2, 0.25) is 0 Å². The quantitative estimate of drug-likeness (QED) is 0.594. The lowest BCUT2D eigenvalue weighted by atomic mass is 10.1. The molecule has 0 unspecified atom stereocenters. The Labute approximate surface area is 191 Å². The zero-order valence-electron chi connectivity index (χ0n) is 18.0. The minimum absolute atomic E-state index is 0.178. The summed E-state index contributed by atoms with van der Waals surface area (Å²) in [6, 6.07) is 14.8. The van der Waals surface area contributed by atoms with E-state index in [1.54, 1.807) is 24.3 Å². The van der Waals surface area contributed by atoms with Crippen LogP contribution in [-0.4, -0.2) is 66.5 Å². The fourth-order valence-electron chi connectivity index (χ4n) is 3.54. The van der Waals surface area contributed by atoms with Gasteiger partial charge in [0.25, 0.3) is 0 Å². The number of anilines is 1. The number of carbonyl (C=O) groups excluding carboxylic acids is 1. The summed E-state index contributed by atoms with van der Waals surface area (Å²) in [5.74, 6) is -0.188. The van der Waals surface area contributed by atoms with Crippen molar-refractivity contribution in [2.24, 2.45) is 0 Å². The van der Waals surface area contributed by atoms with Gasteiger partial charge < -0.3 is 0 Å². The average molecular weight is 472 g/mol. The first kappa shape index (κ1) is 22.5. The summed E-state index contributed by atoms with van der Waals surface area (Å²) in [6.45, 7) is 5.78. The Kier molecular flexibility index (Phi) is 6.66. The minimum atomic E-state index is -3.52. The summed E-state index contributed by atoms with van der Waals surface area (Å²) in [4.78, 5) is 14.7. The van der Waals surface area contributed by atoms with Gasteiger partial charge in [-0.25, -0.2) is 8.42 Å². The topological polar surface area (TPSA) is 95.5 Å². The molecule has 1 saturated heterocycles. The summed E-state index contributed by atoms with van der Waals surface area (Å²) < 4.78 is 27.1. The van der Waals surface area contributed by atoms with Gasteiger partial charge in [0.05, 0.1) is 11.4 Å². The van der Waals surface area contributed by atoms with E-state index in [1.807, 2.05) is 43.0 Å². The summed E-state index contributed by atoms with van der Waals surface area (Å²) in [5.41, 5.74) is 3.11. The van der Waals surface area contributed by atoms with Gasteiger partial charge in [0.1, 0.15) is 5.01 Å². The van der Waals surface area contributed by atoms with E-state index in [1.165, 1.54) is 15.6 Å². The number of rotatable bonds is 6. The van der Waals surface area contributed by atoms with Gasteiger partial charge in [0.15, 0.2) is 0 Å². The number of sulfonamides is 1. The number of aromatic nitrogens is 2. The molecule has 0 aliphatic carbocycles. The second kappa shape index (κ2) is 9.45. The highest BCUT2D eigenvalue weighted by atomic mass is 32.2. The Bertz CT molecular complexity index is 1200. The Morgan fingerprint density at radius 2 is 1.69 bits per heavy atom. The van der Waals surface area contributed by atoms with Crippen molar-refractivity contribution in [3.8, 4) is 10.6 Å². The molecular formula is C22H25N5O3S2. The average Bonchev–Trinajstić information content (AvgIpc) is 3.22. The zero-order valence-corrected chi connectivity index (χ0v) is 19.6. The van der Waals surface area contributed by atoms with Crippen molar-refractivity contribution >= 4 is 32.4 Å². The molecule has 1 aliphatic rings. The van der Waals surface area contributed by atoms with Crippen LogP contribution in [0.1, 0.15) is 11.1 Å². The van der Waals surface area contributed by atoms with Gasteiger partial charge in [-0.3, -0.25) is 15.0 Å². The molecule has 3 aromatic rings. The van der Waals surface area contributed by atoms with Gasteiger partial charge in [-0.1, -0.05) is 53.3 Å². The number of hydrogen-bond donors (Lipinski definition) is 1. The number of benzene rings is 2. The number of aryl methyl sites for hydroxylation is 2. The molecular weight excluding hydrogens is 446 g/mol. The third-order valence-electron chi connectivity index (χ3n) is 5.40. The molecule has 10 heteroatoms. The standard InChI is InChI=1S/C22H25N5O3S2/c1-16-7-9-18(10-8-16)32(29,30)27-13-11-26(12-14-27)15-20(28)23-22-25-24-21(31-22)19-6-4-3-5-17(19)2/h3-10H,11-15H2,1-2H3,(H,23,25,28). The summed E-state index contributed by atoms with van der Waals surface area (Å²) in [5, 5.41) is 12.3. The second-order valence-corrected chi connectivity index (χ2v) is 10.7. The molecule has 0 saturated carbocycles. The number of nitrogens with zero attached hydrogens (tertiary/aromatic N) is 4. The Morgan fingerprint density at radius 3 is 2.38 bits per heavy atom. The van der Waals surface area contributed by atoms with Crippen LogP contribution in [0.5, 0.6) is 0 Å². The highest BCUT2D eigenvalue weighted by Crippen LogP contribution is 2.28.